The quantitative estimate of drug-likeness (QED) is 0.552. The third-order valence-corrected chi connectivity index (χ3v) is 6.20. The van der Waals surface area contributed by atoms with Gasteiger partial charge in [0.25, 0.3) is 0 Å². The Balaban J connectivity index is 1.65. The molecule has 1 amide bonds. The van der Waals surface area contributed by atoms with Crippen molar-refractivity contribution < 1.29 is 14.6 Å². The molecular formula is C24H26ClN3O3. The second-order valence-corrected chi connectivity index (χ2v) is 9.32. The lowest BCUT2D eigenvalue weighted by molar-refractivity contribution is -0.166. The number of hydrogen-bond acceptors (Lipinski definition) is 3. The van der Waals surface area contributed by atoms with Gasteiger partial charge in [-0.2, -0.15) is 5.10 Å². The molecule has 1 saturated heterocycles. The van der Waals surface area contributed by atoms with Crippen LogP contribution in [0.15, 0.2) is 54.6 Å². The van der Waals surface area contributed by atoms with Crippen LogP contribution in [-0.4, -0.2) is 46.0 Å². The standard InChI is InChI=1S/C24H26ClN3O3/c1-23(2,3)24(15-28(22(29)30)11-12-31-24)18-9-7-16(8-10-18)20-14-21(27-26-20)17-5-4-6-19(25)13-17/h4-10,13-14H,11-12,15H2,1-3H3,(H,26,27)(H,29,30). The van der Waals surface area contributed by atoms with E-state index in [0.717, 1.165) is 28.1 Å². The molecule has 1 atom stereocenters. The Morgan fingerprint density at radius 2 is 1.90 bits per heavy atom. The van der Waals surface area contributed by atoms with Crippen LogP contribution >= 0.6 is 11.6 Å². The van der Waals surface area contributed by atoms with E-state index in [1.54, 1.807) is 0 Å². The minimum absolute atomic E-state index is 0.297. The number of halogens is 1. The van der Waals surface area contributed by atoms with Gasteiger partial charge in [0.15, 0.2) is 0 Å². The molecule has 2 N–H and O–H groups in total. The number of ether oxygens (including phenoxy) is 1. The highest BCUT2D eigenvalue weighted by Gasteiger charge is 2.48. The third kappa shape index (κ3) is 4.05. The van der Waals surface area contributed by atoms with Crippen molar-refractivity contribution in [3.05, 3.63) is 65.2 Å². The number of morpholine rings is 1. The highest BCUT2D eigenvalue weighted by molar-refractivity contribution is 6.30. The van der Waals surface area contributed by atoms with Gasteiger partial charge in [0.05, 0.1) is 24.5 Å². The van der Waals surface area contributed by atoms with E-state index < -0.39 is 11.7 Å². The van der Waals surface area contributed by atoms with Gasteiger partial charge in [0.1, 0.15) is 5.60 Å². The number of H-pyrrole nitrogens is 1. The number of carbonyl (C=O) groups is 1. The first-order valence-corrected chi connectivity index (χ1v) is 10.6. The number of nitrogens with zero attached hydrogens (tertiary/aromatic N) is 2. The van der Waals surface area contributed by atoms with Crippen LogP contribution in [0.2, 0.25) is 5.02 Å². The number of benzene rings is 2. The van der Waals surface area contributed by atoms with Crippen molar-refractivity contribution in [1.29, 1.82) is 0 Å². The highest BCUT2D eigenvalue weighted by Crippen LogP contribution is 2.45. The fourth-order valence-corrected chi connectivity index (χ4v) is 4.32. The lowest BCUT2D eigenvalue weighted by Gasteiger charge is -2.50. The number of nitrogens with one attached hydrogen (secondary N) is 1. The predicted octanol–water partition coefficient (Wildman–Crippen LogP) is 5.65. The van der Waals surface area contributed by atoms with Crippen LogP contribution in [0.1, 0.15) is 26.3 Å². The summed E-state index contributed by atoms with van der Waals surface area (Å²) >= 11 is 6.10. The van der Waals surface area contributed by atoms with Crippen molar-refractivity contribution in [3.63, 3.8) is 0 Å². The molecule has 2 heterocycles. The van der Waals surface area contributed by atoms with Crippen LogP contribution in [-0.2, 0) is 10.3 Å². The Morgan fingerprint density at radius 3 is 2.55 bits per heavy atom. The molecule has 162 valence electrons. The largest absolute Gasteiger partial charge is 0.465 e. The summed E-state index contributed by atoms with van der Waals surface area (Å²) in [6.07, 6.45) is -0.918. The van der Waals surface area contributed by atoms with E-state index in [2.05, 4.69) is 31.0 Å². The predicted molar refractivity (Wildman–Crippen MR) is 121 cm³/mol. The van der Waals surface area contributed by atoms with Crippen molar-refractivity contribution in [1.82, 2.24) is 15.1 Å². The van der Waals surface area contributed by atoms with E-state index in [0.29, 0.717) is 24.7 Å². The highest BCUT2D eigenvalue weighted by atomic mass is 35.5. The molecule has 1 aliphatic heterocycles. The number of carboxylic acid groups (broad SMARTS) is 1. The molecule has 0 aliphatic carbocycles. The Bertz CT molecular complexity index is 1090. The number of aromatic nitrogens is 2. The maximum Gasteiger partial charge on any atom is 0.407 e. The second kappa shape index (κ2) is 8.02. The first-order valence-electron chi connectivity index (χ1n) is 10.2. The average Bonchev–Trinajstić information content (AvgIpc) is 3.23. The van der Waals surface area contributed by atoms with Gasteiger partial charge in [-0.25, -0.2) is 4.79 Å². The van der Waals surface area contributed by atoms with E-state index in [-0.39, 0.29) is 5.41 Å². The minimum Gasteiger partial charge on any atom is -0.465 e. The summed E-state index contributed by atoms with van der Waals surface area (Å²) < 4.78 is 6.28. The van der Waals surface area contributed by atoms with Gasteiger partial charge in [-0.15, -0.1) is 0 Å². The summed E-state index contributed by atoms with van der Waals surface area (Å²) in [6.45, 7) is 7.29. The Hall–Kier alpha value is -2.83. The van der Waals surface area contributed by atoms with Crippen LogP contribution in [0, 0.1) is 5.41 Å². The number of aromatic amines is 1. The number of hydrogen-bond donors (Lipinski definition) is 2. The van der Waals surface area contributed by atoms with Crippen LogP contribution < -0.4 is 0 Å². The number of amides is 1. The SMILES string of the molecule is CC(C)(C)C1(c2ccc(-c3cc(-c4cccc(Cl)c4)[nH]n3)cc2)CN(C(=O)O)CCO1. The fraction of sp³-hybridized carbons (Fsp3) is 0.333. The lowest BCUT2D eigenvalue weighted by atomic mass is 9.71. The van der Waals surface area contributed by atoms with E-state index in [1.165, 1.54) is 4.90 Å². The zero-order chi connectivity index (χ0) is 22.2. The first-order chi connectivity index (χ1) is 14.7. The average molecular weight is 440 g/mol. The van der Waals surface area contributed by atoms with Gasteiger partial charge in [-0.1, -0.05) is 68.8 Å². The van der Waals surface area contributed by atoms with Gasteiger partial charge in [-0.3, -0.25) is 5.10 Å². The smallest absolute Gasteiger partial charge is 0.407 e. The fourth-order valence-electron chi connectivity index (χ4n) is 4.13. The normalized spacial score (nSPS) is 19.4. The van der Waals surface area contributed by atoms with Gasteiger partial charge in [-0.05, 0) is 29.2 Å². The molecule has 6 nitrogen and oxygen atoms in total. The molecule has 4 rings (SSSR count). The Morgan fingerprint density at radius 1 is 1.16 bits per heavy atom. The maximum absolute atomic E-state index is 11.6. The van der Waals surface area contributed by atoms with E-state index in [4.69, 9.17) is 16.3 Å². The molecule has 0 radical (unpaired) electrons. The summed E-state index contributed by atoms with van der Waals surface area (Å²) in [4.78, 5) is 13.1. The van der Waals surface area contributed by atoms with Crippen molar-refractivity contribution in [2.24, 2.45) is 5.41 Å². The topological polar surface area (TPSA) is 78.5 Å². The molecule has 1 unspecified atom stereocenters. The molecule has 7 heteroatoms. The summed E-state index contributed by atoms with van der Waals surface area (Å²) in [5, 5.41) is 17.7. The second-order valence-electron chi connectivity index (χ2n) is 8.88. The summed E-state index contributed by atoms with van der Waals surface area (Å²) in [5.41, 5.74) is 3.58. The van der Waals surface area contributed by atoms with Crippen molar-refractivity contribution >= 4 is 17.7 Å². The van der Waals surface area contributed by atoms with Gasteiger partial charge >= 0.3 is 6.09 Å². The molecule has 1 aromatic heterocycles. The summed E-state index contributed by atoms with van der Waals surface area (Å²) in [5.74, 6) is 0. The molecule has 3 aromatic rings. The molecule has 0 saturated carbocycles. The van der Waals surface area contributed by atoms with Gasteiger partial charge in [0, 0.05) is 22.7 Å². The molecular weight excluding hydrogens is 414 g/mol. The molecule has 0 bridgehead atoms. The lowest BCUT2D eigenvalue weighted by Crippen LogP contribution is -2.57. The Labute approximate surface area is 186 Å². The van der Waals surface area contributed by atoms with E-state index >= 15 is 0 Å². The van der Waals surface area contributed by atoms with Gasteiger partial charge in [0.2, 0.25) is 0 Å². The van der Waals surface area contributed by atoms with Crippen LogP contribution in [0.25, 0.3) is 22.5 Å². The molecule has 31 heavy (non-hydrogen) atoms. The molecule has 2 aromatic carbocycles. The van der Waals surface area contributed by atoms with Crippen LogP contribution in [0.5, 0.6) is 0 Å². The van der Waals surface area contributed by atoms with Crippen LogP contribution in [0.4, 0.5) is 4.79 Å². The zero-order valence-electron chi connectivity index (χ0n) is 17.9. The van der Waals surface area contributed by atoms with Crippen molar-refractivity contribution in [3.8, 4) is 22.5 Å². The third-order valence-electron chi connectivity index (χ3n) is 5.97. The monoisotopic (exact) mass is 439 g/mol. The number of rotatable bonds is 3. The van der Waals surface area contributed by atoms with Gasteiger partial charge < -0.3 is 14.7 Å². The summed E-state index contributed by atoms with van der Waals surface area (Å²) in [7, 11) is 0. The van der Waals surface area contributed by atoms with Crippen molar-refractivity contribution in [2.45, 2.75) is 26.4 Å². The van der Waals surface area contributed by atoms with Crippen molar-refractivity contribution in [2.75, 3.05) is 19.7 Å². The molecule has 1 aliphatic rings. The maximum atomic E-state index is 11.6. The minimum atomic E-state index is -0.918. The Kier molecular flexibility index (Phi) is 5.54. The van der Waals surface area contributed by atoms with E-state index in [1.807, 2.05) is 54.6 Å². The zero-order valence-corrected chi connectivity index (χ0v) is 18.6. The van der Waals surface area contributed by atoms with E-state index in [9.17, 15) is 9.90 Å². The molecule has 1 fully saturated rings. The van der Waals surface area contributed by atoms with Crippen LogP contribution in [0.3, 0.4) is 0 Å². The first kappa shape index (κ1) is 21.4. The summed E-state index contributed by atoms with van der Waals surface area (Å²) in [6, 6.07) is 17.6. The molecule has 0 spiro atoms.